The third-order valence-electron chi connectivity index (χ3n) is 6.05. The van der Waals surface area contributed by atoms with E-state index in [1.165, 1.54) is 10.4 Å². The molecule has 1 aromatic heterocycles. The van der Waals surface area contributed by atoms with Gasteiger partial charge in [0.15, 0.2) is 0 Å². The summed E-state index contributed by atoms with van der Waals surface area (Å²) in [4.78, 5) is 19.9. The van der Waals surface area contributed by atoms with Crippen LogP contribution in [0.1, 0.15) is 32.6 Å². The van der Waals surface area contributed by atoms with Gasteiger partial charge in [0.25, 0.3) is 5.91 Å². The number of benzene rings is 2. The van der Waals surface area contributed by atoms with Crippen molar-refractivity contribution >= 4 is 15.9 Å². The zero-order valence-electron chi connectivity index (χ0n) is 19.5. The van der Waals surface area contributed by atoms with Crippen LogP contribution in [0.15, 0.2) is 71.9 Å². The summed E-state index contributed by atoms with van der Waals surface area (Å²) in [5.41, 5.74) is 4.14. The van der Waals surface area contributed by atoms with Crippen LogP contribution in [0.4, 0.5) is 0 Å². The molecule has 1 aliphatic heterocycles. The molecule has 1 saturated heterocycles. The number of rotatable bonds is 7. The highest BCUT2D eigenvalue weighted by molar-refractivity contribution is 7.89. The van der Waals surface area contributed by atoms with Gasteiger partial charge in [0.05, 0.1) is 18.1 Å². The Labute approximate surface area is 201 Å². The number of nitrogens with zero attached hydrogens (tertiary/aromatic N) is 3. The average Bonchev–Trinajstić information content (AvgIpc) is 2.86. The van der Waals surface area contributed by atoms with Crippen LogP contribution in [-0.2, 0) is 27.8 Å². The highest BCUT2D eigenvalue weighted by atomic mass is 32.2. The summed E-state index contributed by atoms with van der Waals surface area (Å²) in [6.07, 6.45) is 3.44. The molecule has 0 atom stereocenters. The summed E-state index contributed by atoms with van der Waals surface area (Å²) in [5.74, 6) is -0.219. The van der Waals surface area contributed by atoms with Crippen LogP contribution in [-0.4, -0.2) is 54.8 Å². The van der Waals surface area contributed by atoms with E-state index >= 15 is 0 Å². The van der Waals surface area contributed by atoms with Crippen molar-refractivity contribution < 1.29 is 17.9 Å². The predicted molar refractivity (Wildman–Crippen MR) is 130 cm³/mol. The number of morpholine rings is 1. The number of hydrogen-bond donors (Lipinski definition) is 0. The number of amides is 1. The Morgan fingerprint density at radius 2 is 1.76 bits per heavy atom. The molecule has 178 valence electrons. The lowest BCUT2D eigenvalue weighted by Gasteiger charge is -2.27. The van der Waals surface area contributed by atoms with E-state index in [-0.39, 0.29) is 10.8 Å². The molecule has 0 saturated carbocycles. The van der Waals surface area contributed by atoms with Crippen molar-refractivity contribution in [3.63, 3.8) is 0 Å². The summed E-state index contributed by atoms with van der Waals surface area (Å²) in [6.45, 7) is 5.95. The van der Waals surface area contributed by atoms with Gasteiger partial charge < -0.3 is 9.64 Å². The number of hydrogen-bond acceptors (Lipinski definition) is 5. The number of sulfonamides is 1. The first kappa shape index (κ1) is 24.1. The van der Waals surface area contributed by atoms with Gasteiger partial charge in [-0.3, -0.25) is 9.78 Å². The number of pyridine rings is 1. The summed E-state index contributed by atoms with van der Waals surface area (Å²) >= 11 is 0. The minimum atomic E-state index is -3.71. The van der Waals surface area contributed by atoms with E-state index in [4.69, 9.17) is 4.74 Å². The monoisotopic (exact) mass is 479 g/mol. The van der Waals surface area contributed by atoms with Crippen molar-refractivity contribution in [2.75, 3.05) is 26.3 Å². The second-order valence-electron chi connectivity index (χ2n) is 8.44. The molecular formula is C26H29N3O4S. The summed E-state index contributed by atoms with van der Waals surface area (Å²) in [7, 11) is -3.71. The quantitative estimate of drug-likeness (QED) is 0.518. The number of ether oxygens (including phenoxy) is 1. The SMILES string of the molecule is Cc1ccccc1CN(Cc1cccnc1)C(=O)c1cc(S(=O)(=O)N2CCOCC2)ccc1C. The number of aryl methyl sites for hydroxylation is 2. The van der Waals surface area contributed by atoms with E-state index < -0.39 is 10.0 Å². The molecule has 0 spiro atoms. The van der Waals surface area contributed by atoms with Crippen LogP contribution in [0.2, 0.25) is 0 Å². The first-order valence-corrected chi connectivity index (χ1v) is 12.7. The van der Waals surface area contributed by atoms with Gasteiger partial charge in [0.1, 0.15) is 0 Å². The molecule has 0 radical (unpaired) electrons. The molecule has 3 aromatic rings. The molecule has 2 aromatic carbocycles. The molecule has 8 heteroatoms. The smallest absolute Gasteiger partial charge is 0.254 e. The second-order valence-corrected chi connectivity index (χ2v) is 10.4. The molecule has 0 unspecified atom stereocenters. The maximum atomic E-state index is 13.8. The Hall–Kier alpha value is -3.07. The maximum Gasteiger partial charge on any atom is 0.254 e. The normalized spacial score (nSPS) is 14.6. The van der Waals surface area contributed by atoms with E-state index in [1.54, 1.807) is 29.4 Å². The highest BCUT2D eigenvalue weighted by Crippen LogP contribution is 2.23. The van der Waals surface area contributed by atoms with Gasteiger partial charge in [-0.1, -0.05) is 36.4 Å². The minimum absolute atomic E-state index is 0.126. The van der Waals surface area contributed by atoms with Crippen molar-refractivity contribution in [1.82, 2.24) is 14.2 Å². The van der Waals surface area contributed by atoms with Crippen LogP contribution in [0.25, 0.3) is 0 Å². The predicted octanol–water partition coefficient (Wildman–Crippen LogP) is 3.56. The summed E-state index contributed by atoms with van der Waals surface area (Å²) < 4.78 is 33.1. The maximum absolute atomic E-state index is 13.8. The molecule has 0 aliphatic carbocycles. The van der Waals surface area contributed by atoms with Gasteiger partial charge in [0, 0.05) is 44.1 Å². The standard InChI is InChI=1S/C26H29N3O4S/c1-20-6-3-4-8-23(20)19-28(18-22-7-5-11-27-17-22)26(30)25-16-24(10-9-21(25)2)34(31,32)29-12-14-33-15-13-29/h3-11,16-17H,12-15,18-19H2,1-2H3. The largest absolute Gasteiger partial charge is 0.379 e. The zero-order chi connectivity index (χ0) is 24.1. The first-order valence-electron chi connectivity index (χ1n) is 11.3. The van der Waals surface area contributed by atoms with E-state index in [2.05, 4.69) is 4.98 Å². The molecule has 4 rings (SSSR count). The third kappa shape index (κ3) is 5.35. The van der Waals surface area contributed by atoms with E-state index in [0.29, 0.717) is 45.0 Å². The molecule has 34 heavy (non-hydrogen) atoms. The van der Waals surface area contributed by atoms with Gasteiger partial charge >= 0.3 is 0 Å². The van der Waals surface area contributed by atoms with Crippen molar-refractivity contribution in [3.05, 3.63) is 94.8 Å². The molecule has 0 bridgehead atoms. The molecule has 7 nitrogen and oxygen atoms in total. The van der Waals surface area contributed by atoms with Crippen LogP contribution >= 0.6 is 0 Å². The molecule has 1 amide bonds. The van der Waals surface area contributed by atoms with Crippen LogP contribution in [0, 0.1) is 13.8 Å². The van der Waals surface area contributed by atoms with E-state index in [0.717, 1.165) is 22.3 Å². The third-order valence-corrected chi connectivity index (χ3v) is 7.95. The van der Waals surface area contributed by atoms with Crippen LogP contribution in [0.5, 0.6) is 0 Å². The fraction of sp³-hybridized carbons (Fsp3) is 0.308. The average molecular weight is 480 g/mol. The Bertz CT molecular complexity index is 1260. The minimum Gasteiger partial charge on any atom is -0.379 e. The Balaban J connectivity index is 1.69. The number of carbonyl (C=O) groups is 1. The van der Waals surface area contributed by atoms with Gasteiger partial charge in [-0.05, 0) is 54.3 Å². The lowest BCUT2D eigenvalue weighted by atomic mass is 10.0. The van der Waals surface area contributed by atoms with Crippen LogP contribution < -0.4 is 0 Å². The van der Waals surface area contributed by atoms with Crippen molar-refractivity contribution in [2.45, 2.75) is 31.8 Å². The Morgan fingerprint density at radius 1 is 1.00 bits per heavy atom. The lowest BCUT2D eigenvalue weighted by molar-refractivity contribution is 0.0724. The van der Waals surface area contributed by atoms with Gasteiger partial charge in [-0.25, -0.2) is 8.42 Å². The summed E-state index contributed by atoms with van der Waals surface area (Å²) in [5, 5.41) is 0. The van der Waals surface area contributed by atoms with Gasteiger partial charge in [0.2, 0.25) is 10.0 Å². The molecule has 1 aliphatic rings. The van der Waals surface area contributed by atoms with Crippen molar-refractivity contribution in [1.29, 1.82) is 0 Å². The zero-order valence-corrected chi connectivity index (χ0v) is 20.3. The second kappa shape index (κ2) is 10.5. The number of carbonyl (C=O) groups excluding carboxylic acids is 1. The van der Waals surface area contributed by atoms with E-state index in [1.807, 2.05) is 50.2 Å². The van der Waals surface area contributed by atoms with E-state index in [9.17, 15) is 13.2 Å². The lowest BCUT2D eigenvalue weighted by Crippen LogP contribution is -2.40. The van der Waals surface area contributed by atoms with Gasteiger partial charge in [-0.15, -0.1) is 0 Å². The molecule has 2 heterocycles. The Morgan fingerprint density at radius 3 is 2.47 bits per heavy atom. The molecular weight excluding hydrogens is 450 g/mol. The Kier molecular flexibility index (Phi) is 7.41. The first-order chi connectivity index (χ1) is 16.4. The number of aromatic nitrogens is 1. The fourth-order valence-corrected chi connectivity index (χ4v) is 5.44. The topological polar surface area (TPSA) is 79.8 Å². The van der Waals surface area contributed by atoms with Crippen molar-refractivity contribution in [2.24, 2.45) is 0 Å². The van der Waals surface area contributed by atoms with Crippen LogP contribution in [0.3, 0.4) is 0 Å². The molecule has 1 fully saturated rings. The molecule has 0 N–H and O–H groups in total. The van der Waals surface area contributed by atoms with Gasteiger partial charge in [-0.2, -0.15) is 4.31 Å². The summed E-state index contributed by atoms with van der Waals surface area (Å²) in [6, 6.07) is 16.5. The highest BCUT2D eigenvalue weighted by Gasteiger charge is 2.28. The fourth-order valence-electron chi connectivity index (χ4n) is 4.00. The van der Waals surface area contributed by atoms with Crippen molar-refractivity contribution in [3.8, 4) is 0 Å².